The Morgan fingerprint density at radius 2 is 1.79 bits per heavy atom. The molecule has 0 aromatic rings. The molecule has 4 aliphatic rings. The van der Waals surface area contributed by atoms with E-state index in [1.165, 1.54) is 32.1 Å². The largest absolute Gasteiger partial charge is 0.462 e. The van der Waals surface area contributed by atoms with E-state index in [-0.39, 0.29) is 48.2 Å². The number of ether oxygens (including phenoxy) is 1. The van der Waals surface area contributed by atoms with Gasteiger partial charge in [0.05, 0.1) is 1.37 Å². The molecular weight excluding hydrogens is 408 g/mol. The first-order chi connectivity index (χ1) is 17.4. The summed E-state index contributed by atoms with van der Waals surface area (Å²) in [5, 5.41) is 0. The Morgan fingerprint density at radius 1 is 1.06 bits per heavy atom. The molecular formula is C30H48O3. The fraction of sp³-hybridized carbons (Fsp3) is 0.867. The van der Waals surface area contributed by atoms with Crippen molar-refractivity contribution in [2.24, 2.45) is 28.6 Å². The van der Waals surface area contributed by atoms with Gasteiger partial charge in [0.2, 0.25) is 0 Å². The van der Waals surface area contributed by atoms with E-state index in [0.29, 0.717) is 6.42 Å². The van der Waals surface area contributed by atoms with Crippen LogP contribution in [0, 0.1) is 28.6 Å². The monoisotopic (exact) mass is 460 g/mol. The second-order valence-corrected chi connectivity index (χ2v) is 11.6. The molecule has 4 aliphatic carbocycles. The number of hydrogen-bond acceptors (Lipinski definition) is 3. The molecule has 0 amide bonds. The van der Waals surface area contributed by atoms with Crippen LogP contribution in [0.15, 0.2) is 11.6 Å². The van der Waals surface area contributed by atoms with Crippen molar-refractivity contribution in [3.63, 3.8) is 0 Å². The van der Waals surface area contributed by atoms with Gasteiger partial charge in [0.15, 0.2) is 5.78 Å². The van der Waals surface area contributed by atoms with Crippen LogP contribution >= 0.6 is 0 Å². The molecule has 0 aliphatic heterocycles. The van der Waals surface area contributed by atoms with E-state index in [0.717, 1.165) is 44.1 Å². The van der Waals surface area contributed by atoms with Gasteiger partial charge in [0.1, 0.15) is 6.08 Å². The number of fused-ring (bicyclic) bond motifs is 5. The fourth-order valence-electron chi connectivity index (χ4n) is 7.44. The van der Waals surface area contributed by atoms with Gasteiger partial charge in [-0.15, -0.1) is 0 Å². The smallest absolute Gasteiger partial charge is 0.306 e. The highest BCUT2D eigenvalue weighted by Gasteiger charge is 2.59. The van der Waals surface area contributed by atoms with Crippen molar-refractivity contribution in [2.75, 3.05) is 0 Å². The summed E-state index contributed by atoms with van der Waals surface area (Å²) in [4.78, 5) is 25.1. The van der Waals surface area contributed by atoms with Crippen LogP contribution in [0.2, 0.25) is 0 Å². The average Bonchev–Trinajstić information content (AvgIpc) is 2.98. The van der Waals surface area contributed by atoms with Crippen LogP contribution in [0.25, 0.3) is 0 Å². The number of allylic oxidation sites excluding steroid dienone is 1. The van der Waals surface area contributed by atoms with Crippen molar-refractivity contribution < 1.29 is 19.8 Å². The molecule has 0 N–H and O–H groups in total. The van der Waals surface area contributed by atoms with Gasteiger partial charge in [-0.1, -0.05) is 71.3 Å². The molecule has 3 nitrogen and oxygen atoms in total. The predicted octanol–water partition coefficient (Wildman–Crippen LogP) is 7.96. The summed E-state index contributed by atoms with van der Waals surface area (Å²) in [6, 6.07) is 0. The molecule has 0 unspecified atom stereocenters. The number of carbonyl (C=O) groups is 2. The third kappa shape index (κ3) is 5.13. The van der Waals surface area contributed by atoms with E-state index in [2.05, 4.69) is 13.8 Å². The lowest BCUT2D eigenvalue weighted by Gasteiger charge is -2.57. The summed E-state index contributed by atoms with van der Waals surface area (Å²) in [5.74, 6) is -0.0788. The van der Waals surface area contributed by atoms with Crippen molar-refractivity contribution in [3.8, 4) is 0 Å². The van der Waals surface area contributed by atoms with Crippen molar-refractivity contribution in [1.82, 2.24) is 0 Å². The van der Waals surface area contributed by atoms with Crippen LogP contribution in [0.1, 0.15) is 135 Å². The topological polar surface area (TPSA) is 43.4 Å². The first-order valence-electron chi connectivity index (χ1n) is 15.9. The van der Waals surface area contributed by atoms with E-state index in [1.54, 1.807) is 6.08 Å². The Hall–Kier alpha value is -1.12. The van der Waals surface area contributed by atoms with Gasteiger partial charge in [-0.2, -0.15) is 0 Å². The average molecular weight is 461 g/mol. The van der Waals surface area contributed by atoms with Crippen LogP contribution in [0.5, 0.6) is 0 Å². The highest BCUT2D eigenvalue weighted by molar-refractivity contribution is 5.91. The van der Waals surface area contributed by atoms with Crippen LogP contribution in [0.3, 0.4) is 0 Å². The molecule has 186 valence electrons. The second kappa shape index (κ2) is 10.6. The highest BCUT2D eigenvalue weighted by atomic mass is 16.5. The molecule has 0 saturated heterocycles. The standard InChI is InChI=1S/C30H48O3/c1-4-5-6-7-8-9-10-11-12-28(32)33-27-16-15-25-24-14-13-22-21-23(31)17-19-29(22,2)26(24)18-20-30(25,27)3/h21,24-27H,4-20H2,1-3H3/t24-,25-,26-,27-,29-,30-/m0/s1/i16D2,19D,27D/t19-,24+,25+,26+,27+,29+,30+/m1. The number of carbonyl (C=O) groups excluding carboxylic acids is 2. The van der Waals surface area contributed by atoms with E-state index in [1.807, 2.05) is 6.92 Å². The molecule has 3 fully saturated rings. The first-order valence-corrected chi connectivity index (χ1v) is 13.8. The lowest BCUT2D eigenvalue weighted by Crippen LogP contribution is -2.51. The number of ketones is 1. The van der Waals surface area contributed by atoms with Gasteiger partial charge in [-0.25, -0.2) is 0 Å². The molecule has 4 rings (SSSR count). The number of esters is 1. The van der Waals surface area contributed by atoms with E-state index >= 15 is 0 Å². The molecule has 7 atom stereocenters. The van der Waals surface area contributed by atoms with Gasteiger partial charge in [0.25, 0.3) is 0 Å². The first kappa shape index (κ1) is 20.1. The van der Waals surface area contributed by atoms with Crippen molar-refractivity contribution in [3.05, 3.63) is 11.6 Å². The number of hydrogen-bond donors (Lipinski definition) is 0. The summed E-state index contributed by atoms with van der Waals surface area (Å²) in [5.41, 5.74) is -0.0269. The van der Waals surface area contributed by atoms with Gasteiger partial charge in [-0.3, -0.25) is 9.59 Å². The SMILES string of the molecule is [2H][C@@H]1CC(=O)C=C2CC[C@@H]3[C@H](CC[C@@]4(C)[C@H]3CC([2H])([2H])[C@]4([2H])OC(=O)CCCCCCCCCC)[C@]21C. The van der Waals surface area contributed by atoms with Crippen LogP contribution in [-0.4, -0.2) is 17.8 Å². The van der Waals surface area contributed by atoms with Gasteiger partial charge in [-0.05, 0) is 80.5 Å². The molecule has 0 radical (unpaired) electrons. The van der Waals surface area contributed by atoms with Crippen LogP contribution in [0.4, 0.5) is 0 Å². The van der Waals surface area contributed by atoms with Gasteiger partial charge < -0.3 is 4.74 Å². The lowest BCUT2D eigenvalue weighted by molar-refractivity contribution is -0.160. The van der Waals surface area contributed by atoms with Gasteiger partial charge >= 0.3 is 5.97 Å². The minimum atomic E-state index is -1.92. The molecule has 0 aromatic heterocycles. The third-order valence-corrected chi connectivity index (χ3v) is 9.55. The summed E-state index contributed by atoms with van der Waals surface area (Å²) in [7, 11) is 0. The Balaban J connectivity index is 1.43. The lowest BCUT2D eigenvalue weighted by atomic mass is 9.47. The van der Waals surface area contributed by atoms with E-state index in [4.69, 9.17) is 8.85 Å². The summed E-state index contributed by atoms with van der Waals surface area (Å²) in [6.07, 6.45) is 10.2. The van der Waals surface area contributed by atoms with E-state index < -0.39 is 30.2 Å². The zero-order valence-electron chi connectivity index (χ0n) is 25.2. The molecule has 0 bridgehead atoms. The zero-order valence-corrected chi connectivity index (χ0v) is 21.2. The minimum absolute atomic E-state index is 0.0531. The minimum Gasteiger partial charge on any atom is -0.462 e. The van der Waals surface area contributed by atoms with E-state index in [9.17, 15) is 11.0 Å². The van der Waals surface area contributed by atoms with Gasteiger partial charge in [0, 0.05) is 22.4 Å². The molecule has 3 saturated carbocycles. The molecule has 0 spiro atoms. The fourth-order valence-corrected chi connectivity index (χ4v) is 7.44. The molecule has 3 heteroatoms. The van der Waals surface area contributed by atoms with Crippen molar-refractivity contribution in [2.45, 2.75) is 136 Å². The normalized spacial score (nSPS) is 45.4. The number of unbranched alkanes of at least 4 members (excludes halogenated alkanes) is 7. The molecule has 0 aromatic carbocycles. The molecule has 0 heterocycles. The van der Waals surface area contributed by atoms with Crippen LogP contribution < -0.4 is 0 Å². The molecule has 33 heavy (non-hydrogen) atoms. The highest BCUT2D eigenvalue weighted by Crippen LogP contribution is 2.65. The Bertz CT molecular complexity index is 903. The summed E-state index contributed by atoms with van der Waals surface area (Å²) < 4.78 is 41.8. The zero-order chi connectivity index (χ0) is 27.1. The predicted molar refractivity (Wildman–Crippen MR) is 134 cm³/mol. The van der Waals surface area contributed by atoms with Crippen molar-refractivity contribution >= 4 is 11.8 Å². The Labute approximate surface area is 208 Å². The third-order valence-electron chi connectivity index (χ3n) is 9.55. The number of rotatable bonds is 10. The quantitative estimate of drug-likeness (QED) is 0.245. The maximum Gasteiger partial charge on any atom is 0.306 e. The summed E-state index contributed by atoms with van der Waals surface area (Å²) >= 11 is 0. The Kier molecular flexibility index (Phi) is 6.49. The van der Waals surface area contributed by atoms with Crippen LogP contribution in [-0.2, 0) is 14.3 Å². The maximum absolute atomic E-state index is 12.9. The van der Waals surface area contributed by atoms with Crippen molar-refractivity contribution in [1.29, 1.82) is 0 Å². The summed E-state index contributed by atoms with van der Waals surface area (Å²) in [6.45, 7) is 6.33. The second-order valence-electron chi connectivity index (χ2n) is 11.6. The maximum atomic E-state index is 12.9. The Morgan fingerprint density at radius 3 is 2.55 bits per heavy atom.